The molecule has 3 aromatic carbocycles. The molecule has 30 heavy (non-hydrogen) atoms. The largest absolute Gasteiger partial charge is 0.489 e. The molecule has 4 aromatic rings. The van der Waals surface area contributed by atoms with E-state index in [-0.39, 0.29) is 12.4 Å². The van der Waals surface area contributed by atoms with E-state index < -0.39 is 6.01 Å². The van der Waals surface area contributed by atoms with E-state index in [4.69, 9.17) is 14.9 Å². The summed E-state index contributed by atoms with van der Waals surface area (Å²) in [4.78, 5) is 11.5. The first-order chi connectivity index (χ1) is 14.5. The summed E-state index contributed by atoms with van der Waals surface area (Å²) < 4.78 is 25.2. The lowest BCUT2D eigenvalue weighted by Crippen LogP contribution is -2.02. The van der Waals surface area contributed by atoms with Crippen molar-refractivity contribution in [2.45, 2.75) is 26.5 Å². The number of ketones is 1. The van der Waals surface area contributed by atoms with Gasteiger partial charge in [-0.2, -0.15) is 4.39 Å². The van der Waals surface area contributed by atoms with Gasteiger partial charge in [-0.15, -0.1) is 0 Å². The van der Waals surface area contributed by atoms with Crippen LogP contribution in [0, 0.1) is 6.01 Å². The van der Waals surface area contributed by atoms with E-state index in [1.807, 2.05) is 60.7 Å². The van der Waals surface area contributed by atoms with Crippen LogP contribution in [-0.2, 0) is 24.4 Å². The van der Waals surface area contributed by atoms with Crippen LogP contribution in [0.2, 0.25) is 0 Å². The molecule has 0 radical (unpaired) electrons. The molecule has 2 N–H and O–H groups in total. The summed E-state index contributed by atoms with van der Waals surface area (Å²) in [6.07, 6.45) is 0.319. The molecule has 0 spiro atoms. The zero-order valence-corrected chi connectivity index (χ0v) is 16.7. The van der Waals surface area contributed by atoms with Crippen molar-refractivity contribution in [3.05, 3.63) is 89.4 Å². The second-order valence-corrected chi connectivity index (χ2v) is 7.29. The molecule has 0 atom stereocenters. The highest BCUT2D eigenvalue weighted by molar-refractivity contribution is 5.93. The van der Waals surface area contributed by atoms with Crippen LogP contribution in [0.25, 0.3) is 22.1 Å². The molecule has 0 fully saturated rings. The number of Topliss-reactive ketones (excluding diaryl/α,β-unsaturated/α-hetero) is 1. The van der Waals surface area contributed by atoms with Crippen molar-refractivity contribution >= 4 is 16.8 Å². The van der Waals surface area contributed by atoms with Gasteiger partial charge in [0.1, 0.15) is 23.7 Å². The van der Waals surface area contributed by atoms with Crippen LogP contribution < -0.4 is 10.5 Å². The molecular formula is C25H22FNO3. The van der Waals surface area contributed by atoms with E-state index in [1.54, 1.807) is 6.92 Å². The quantitative estimate of drug-likeness (QED) is 0.448. The molecule has 0 aliphatic heterocycles. The number of ether oxygens (including phenoxy) is 1. The smallest absolute Gasteiger partial charge is 0.278 e. The molecule has 0 saturated heterocycles. The molecule has 0 bridgehead atoms. The van der Waals surface area contributed by atoms with Crippen LogP contribution >= 0.6 is 0 Å². The van der Waals surface area contributed by atoms with E-state index in [2.05, 4.69) is 0 Å². The summed E-state index contributed by atoms with van der Waals surface area (Å²) in [5.41, 5.74) is 10.6. The Morgan fingerprint density at radius 2 is 1.87 bits per heavy atom. The van der Waals surface area contributed by atoms with Crippen molar-refractivity contribution in [1.29, 1.82) is 0 Å². The summed E-state index contributed by atoms with van der Waals surface area (Å²) in [7, 11) is 0. The van der Waals surface area contributed by atoms with Crippen molar-refractivity contribution in [1.82, 2.24) is 0 Å². The number of carbonyl (C=O) groups excluding carboxylic acids is 1. The number of carbonyl (C=O) groups is 1. The van der Waals surface area contributed by atoms with Gasteiger partial charge in [-0.3, -0.25) is 4.79 Å². The number of rotatable bonds is 7. The number of halogens is 1. The van der Waals surface area contributed by atoms with Crippen molar-refractivity contribution in [3.8, 4) is 16.9 Å². The molecule has 4 nitrogen and oxygen atoms in total. The second kappa shape index (κ2) is 8.51. The maximum absolute atomic E-state index is 13.9. The summed E-state index contributed by atoms with van der Waals surface area (Å²) in [6, 6.07) is 19.8. The summed E-state index contributed by atoms with van der Waals surface area (Å²) in [6.45, 7) is 2.25. The molecule has 0 aliphatic rings. The van der Waals surface area contributed by atoms with Gasteiger partial charge >= 0.3 is 0 Å². The third-order valence-electron chi connectivity index (χ3n) is 4.93. The fourth-order valence-corrected chi connectivity index (χ4v) is 3.57. The van der Waals surface area contributed by atoms with E-state index in [9.17, 15) is 9.18 Å². The molecule has 4 rings (SSSR count). The minimum Gasteiger partial charge on any atom is -0.489 e. The van der Waals surface area contributed by atoms with E-state index >= 15 is 0 Å². The SMILES string of the molecule is CC(=O)Cc1ccccc1OCc1cc(-c2cccc(CN)c2)c2oc(F)cc2c1. The van der Waals surface area contributed by atoms with Gasteiger partial charge in [-0.25, -0.2) is 0 Å². The predicted molar refractivity (Wildman–Crippen MR) is 115 cm³/mol. The molecule has 0 saturated carbocycles. The van der Waals surface area contributed by atoms with Gasteiger partial charge in [-0.1, -0.05) is 36.4 Å². The molecule has 152 valence electrons. The van der Waals surface area contributed by atoms with E-state index in [0.717, 1.165) is 27.8 Å². The number of benzene rings is 3. The Hall–Kier alpha value is -3.44. The van der Waals surface area contributed by atoms with Gasteiger partial charge in [0.05, 0.1) is 0 Å². The fourth-order valence-electron chi connectivity index (χ4n) is 3.57. The molecule has 0 unspecified atom stereocenters. The van der Waals surface area contributed by atoms with Crippen LogP contribution in [0.15, 0.2) is 71.1 Å². The van der Waals surface area contributed by atoms with Gasteiger partial charge in [0.15, 0.2) is 0 Å². The average molecular weight is 403 g/mol. The van der Waals surface area contributed by atoms with Gasteiger partial charge < -0.3 is 14.9 Å². The van der Waals surface area contributed by atoms with Crippen LogP contribution in [-0.4, -0.2) is 5.78 Å². The summed E-state index contributed by atoms with van der Waals surface area (Å²) in [5, 5.41) is 0.666. The number of nitrogens with two attached hydrogens (primary N) is 1. The van der Waals surface area contributed by atoms with Gasteiger partial charge in [-0.05, 0) is 47.9 Å². The molecule has 0 aliphatic carbocycles. The Morgan fingerprint density at radius 1 is 1.03 bits per heavy atom. The maximum atomic E-state index is 13.9. The third kappa shape index (κ3) is 4.26. The number of para-hydroxylation sites is 1. The fraction of sp³-hybridized carbons (Fsp3) is 0.160. The number of hydrogen-bond acceptors (Lipinski definition) is 4. The lowest BCUT2D eigenvalue weighted by molar-refractivity contribution is -0.116. The molecule has 0 amide bonds. The number of hydrogen-bond donors (Lipinski definition) is 1. The Morgan fingerprint density at radius 3 is 2.67 bits per heavy atom. The van der Waals surface area contributed by atoms with Crippen molar-refractivity contribution in [3.63, 3.8) is 0 Å². The number of fused-ring (bicyclic) bond motifs is 1. The Labute approximate surface area is 174 Å². The molecular weight excluding hydrogens is 381 g/mol. The van der Waals surface area contributed by atoms with Crippen molar-refractivity contribution in [2.75, 3.05) is 0 Å². The summed E-state index contributed by atoms with van der Waals surface area (Å²) in [5.74, 6) is 0.737. The molecule has 5 heteroatoms. The Balaban J connectivity index is 1.70. The first-order valence-corrected chi connectivity index (χ1v) is 9.75. The lowest BCUT2D eigenvalue weighted by atomic mass is 9.99. The van der Waals surface area contributed by atoms with Crippen molar-refractivity contribution < 1.29 is 18.3 Å². The Bertz CT molecular complexity index is 1210. The lowest BCUT2D eigenvalue weighted by Gasteiger charge is -2.12. The minimum absolute atomic E-state index is 0.0726. The first kappa shape index (κ1) is 19.9. The summed E-state index contributed by atoms with van der Waals surface area (Å²) >= 11 is 0. The standard InChI is InChI=1S/C25H22FNO3/c1-16(28)9-20-6-2-3-8-23(20)29-15-18-11-21-13-24(26)30-25(21)22(12-18)19-7-4-5-17(10-19)14-27/h2-8,10-13H,9,14-15,27H2,1H3. The van der Waals surface area contributed by atoms with Crippen LogP contribution in [0.3, 0.4) is 0 Å². The van der Waals surface area contributed by atoms with Crippen LogP contribution in [0.4, 0.5) is 4.39 Å². The van der Waals surface area contributed by atoms with Gasteiger partial charge in [0.2, 0.25) is 0 Å². The topological polar surface area (TPSA) is 65.5 Å². The minimum atomic E-state index is -0.633. The van der Waals surface area contributed by atoms with Crippen LogP contribution in [0.1, 0.15) is 23.6 Å². The zero-order chi connectivity index (χ0) is 21.1. The third-order valence-corrected chi connectivity index (χ3v) is 4.93. The molecule has 1 aromatic heterocycles. The second-order valence-electron chi connectivity index (χ2n) is 7.29. The normalized spacial score (nSPS) is 11.0. The van der Waals surface area contributed by atoms with E-state index in [1.165, 1.54) is 6.07 Å². The highest BCUT2D eigenvalue weighted by Gasteiger charge is 2.14. The zero-order valence-electron chi connectivity index (χ0n) is 16.7. The monoisotopic (exact) mass is 403 g/mol. The predicted octanol–water partition coefficient (Wildman–Crippen LogP) is 5.41. The van der Waals surface area contributed by atoms with Crippen LogP contribution in [0.5, 0.6) is 5.75 Å². The van der Waals surface area contributed by atoms with E-state index in [0.29, 0.717) is 29.7 Å². The highest BCUT2D eigenvalue weighted by Crippen LogP contribution is 2.33. The van der Waals surface area contributed by atoms with Gasteiger partial charge in [0.25, 0.3) is 6.01 Å². The highest BCUT2D eigenvalue weighted by atomic mass is 19.1. The first-order valence-electron chi connectivity index (χ1n) is 9.75. The Kier molecular flexibility index (Phi) is 5.63. The maximum Gasteiger partial charge on any atom is 0.278 e. The van der Waals surface area contributed by atoms with Crippen molar-refractivity contribution in [2.24, 2.45) is 5.73 Å². The number of furan rings is 1. The average Bonchev–Trinajstić information content (AvgIpc) is 3.12. The van der Waals surface area contributed by atoms with Gasteiger partial charge in [0, 0.05) is 35.5 Å². The molecule has 1 heterocycles.